The molecule has 2 aromatic carbocycles. The summed E-state index contributed by atoms with van der Waals surface area (Å²) in [4.78, 5) is 43.0. The standard InChI is InChI=1S/C34H51N5O7/c1-22(2)35-33(42)36-27-13-16-30-29(18-27)32(41)39(24(4)21-40)19-23(3)31(45-17-9-8-10-25(5)46-30)20-38(6)34(43)37-26-11-14-28(44-7)15-12-26/h11-16,18,22-25,31,40H,8-10,17,19-21H2,1-7H3,(H,37,43)(H2,35,36,42)/t23-,24+,25+,31-/m1/s1. The van der Waals surface area contributed by atoms with Crippen LogP contribution in [0, 0.1) is 5.92 Å². The van der Waals surface area contributed by atoms with Gasteiger partial charge >= 0.3 is 12.1 Å². The van der Waals surface area contributed by atoms with Crippen molar-refractivity contribution in [2.24, 2.45) is 5.92 Å². The van der Waals surface area contributed by atoms with Gasteiger partial charge in [-0.05, 0) is 89.4 Å². The van der Waals surface area contributed by atoms with E-state index in [1.807, 2.05) is 27.7 Å². The van der Waals surface area contributed by atoms with Gasteiger partial charge in [0.2, 0.25) is 0 Å². The number of carbonyl (C=O) groups excluding carboxylic acids is 3. The summed E-state index contributed by atoms with van der Waals surface area (Å²) in [5.74, 6) is 0.551. The molecular formula is C34H51N5O7. The number of anilines is 2. The second-order valence-corrected chi connectivity index (χ2v) is 12.3. The van der Waals surface area contributed by atoms with Crippen LogP contribution in [0.2, 0.25) is 0 Å². The van der Waals surface area contributed by atoms with Gasteiger partial charge < -0.3 is 45.1 Å². The van der Waals surface area contributed by atoms with Crippen LogP contribution in [-0.4, -0.2) is 97.6 Å². The number of nitrogens with one attached hydrogen (secondary N) is 3. The summed E-state index contributed by atoms with van der Waals surface area (Å²) in [6, 6.07) is 10.9. The molecule has 12 nitrogen and oxygen atoms in total. The summed E-state index contributed by atoms with van der Waals surface area (Å²) in [6.45, 7) is 10.2. The first-order valence-corrected chi connectivity index (χ1v) is 16.0. The van der Waals surface area contributed by atoms with Gasteiger partial charge in [0.05, 0.1) is 37.5 Å². The predicted octanol–water partition coefficient (Wildman–Crippen LogP) is 5.18. The van der Waals surface area contributed by atoms with Crippen LogP contribution in [-0.2, 0) is 4.74 Å². The molecule has 0 unspecified atom stereocenters. The molecule has 0 spiro atoms. The predicted molar refractivity (Wildman–Crippen MR) is 179 cm³/mol. The Balaban J connectivity index is 1.87. The van der Waals surface area contributed by atoms with Crippen LogP contribution in [0.25, 0.3) is 0 Å². The first kappa shape index (κ1) is 36.4. The van der Waals surface area contributed by atoms with Gasteiger partial charge in [-0.2, -0.15) is 0 Å². The number of benzene rings is 2. The molecule has 0 aromatic heterocycles. The van der Waals surface area contributed by atoms with Crippen molar-refractivity contribution in [1.82, 2.24) is 15.1 Å². The quantitative estimate of drug-likeness (QED) is 0.311. The SMILES string of the molecule is COc1ccc(NC(=O)N(C)C[C@H]2OCCCC[C@H](C)Oc3ccc(NC(=O)NC(C)C)cc3C(=O)N([C@@H](C)CO)C[C@H]2C)cc1. The molecule has 1 heterocycles. The summed E-state index contributed by atoms with van der Waals surface area (Å²) in [7, 11) is 3.29. The molecule has 12 heteroatoms. The van der Waals surface area contributed by atoms with Crippen molar-refractivity contribution in [1.29, 1.82) is 0 Å². The molecule has 1 aliphatic rings. The van der Waals surface area contributed by atoms with E-state index >= 15 is 0 Å². The van der Waals surface area contributed by atoms with E-state index in [0.29, 0.717) is 29.5 Å². The Morgan fingerprint density at radius 2 is 1.76 bits per heavy atom. The number of aliphatic hydroxyl groups excluding tert-OH is 1. The zero-order valence-corrected chi connectivity index (χ0v) is 28.2. The number of fused-ring (bicyclic) bond motifs is 1. The Morgan fingerprint density at radius 1 is 1.07 bits per heavy atom. The number of aliphatic hydroxyl groups is 1. The van der Waals surface area contributed by atoms with Crippen molar-refractivity contribution in [3.8, 4) is 11.5 Å². The lowest BCUT2D eigenvalue weighted by atomic mass is 10.0. The summed E-state index contributed by atoms with van der Waals surface area (Å²) >= 11 is 0. The van der Waals surface area contributed by atoms with Crippen LogP contribution in [0.15, 0.2) is 42.5 Å². The summed E-state index contributed by atoms with van der Waals surface area (Å²) in [5.41, 5.74) is 1.36. The number of ether oxygens (including phenoxy) is 3. The van der Waals surface area contributed by atoms with E-state index in [-0.39, 0.29) is 61.3 Å². The Hall–Kier alpha value is -4.03. The Kier molecular flexibility index (Phi) is 13.9. The minimum atomic E-state index is -0.522. The van der Waals surface area contributed by atoms with Gasteiger partial charge in [-0.15, -0.1) is 0 Å². The van der Waals surface area contributed by atoms with E-state index in [1.165, 1.54) is 0 Å². The van der Waals surface area contributed by atoms with Gasteiger partial charge in [0.15, 0.2) is 0 Å². The maximum Gasteiger partial charge on any atom is 0.321 e. The molecule has 0 aliphatic carbocycles. The molecular weight excluding hydrogens is 590 g/mol. The fraction of sp³-hybridized carbons (Fsp3) is 0.559. The van der Waals surface area contributed by atoms with E-state index in [9.17, 15) is 19.5 Å². The first-order valence-electron chi connectivity index (χ1n) is 16.0. The fourth-order valence-electron chi connectivity index (χ4n) is 5.14. The highest BCUT2D eigenvalue weighted by molar-refractivity contribution is 5.99. The van der Waals surface area contributed by atoms with Crippen LogP contribution in [0.4, 0.5) is 21.0 Å². The van der Waals surface area contributed by atoms with E-state index in [0.717, 1.165) is 19.3 Å². The lowest BCUT2D eigenvalue weighted by Gasteiger charge is -2.35. The van der Waals surface area contributed by atoms with Crippen molar-refractivity contribution in [3.05, 3.63) is 48.0 Å². The van der Waals surface area contributed by atoms with Gasteiger partial charge in [-0.25, -0.2) is 9.59 Å². The molecule has 0 fully saturated rings. The third kappa shape index (κ3) is 10.8. The minimum absolute atomic E-state index is 0.0618. The molecule has 3 rings (SSSR count). The zero-order valence-electron chi connectivity index (χ0n) is 28.2. The third-order valence-electron chi connectivity index (χ3n) is 7.87. The monoisotopic (exact) mass is 641 g/mol. The first-order chi connectivity index (χ1) is 21.9. The van der Waals surface area contributed by atoms with Crippen molar-refractivity contribution >= 4 is 29.3 Å². The molecule has 46 heavy (non-hydrogen) atoms. The number of methoxy groups -OCH3 is 1. The fourth-order valence-corrected chi connectivity index (χ4v) is 5.14. The van der Waals surface area contributed by atoms with Gasteiger partial charge in [0, 0.05) is 50.1 Å². The number of carbonyl (C=O) groups is 3. The highest BCUT2D eigenvalue weighted by Crippen LogP contribution is 2.28. The van der Waals surface area contributed by atoms with Crippen molar-refractivity contribution < 1.29 is 33.7 Å². The van der Waals surface area contributed by atoms with Crippen LogP contribution in [0.3, 0.4) is 0 Å². The molecule has 5 amide bonds. The number of likely N-dealkylation sites (N-methyl/N-ethyl adjacent to an activating group) is 1. The minimum Gasteiger partial charge on any atom is -0.497 e. The van der Waals surface area contributed by atoms with Gasteiger partial charge in [0.25, 0.3) is 5.91 Å². The smallest absolute Gasteiger partial charge is 0.321 e. The molecule has 4 atom stereocenters. The number of urea groups is 2. The van der Waals surface area contributed by atoms with Crippen LogP contribution >= 0.6 is 0 Å². The normalized spacial score (nSPS) is 20.1. The Bertz CT molecular complexity index is 1290. The van der Waals surface area contributed by atoms with Crippen molar-refractivity contribution in [2.75, 3.05) is 51.1 Å². The molecule has 2 aromatic rings. The average molecular weight is 642 g/mol. The zero-order chi connectivity index (χ0) is 33.8. The van der Waals surface area contributed by atoms with Crippen LogP contribution < -0.4 is 25.4 Å². The Labute approximate surface area is 272 Å². The second kappa shape index (κ2) is 17.6. The molecule has 0 saturated heterocycles. The van der Waals surface area contributed by atoms with Gasteiger partial charge in [0.1, 0.15) is 11.5 Å². The van der Waals surface area contributed by atoms with E-state index < -0.39 is 12.1 Å². The molecule has 4 N–H and O–H groups in total. The number of rotatable bonds is 8. The lowest BCUT2D eigenvalue weighted by molar-refractivity contribution is -0.0115. The van der Waals surface area contributed by atoms with Crippen LogP contribution in [0.1, 0.15) is 64.2 Å². The average Bonchev–Trinajstić information content (AvgIpc) is 3.02. The van der Waals surface area contributed by atoms with Crippen molar-refractivity contribution in [3.63, 3.8) is 0 Å². The molecule has 1 aliphatic heterocycles. The molecule has 254 valence electrons. The van der Waals surface area contributed by atoms with Crippen molar-refractivity contribution in [2.45, 2.75) is 78.2 Å². The summed E-state index contributed by atoms with van der Waals surface area (Å²) in [6.07, 6.45) is 1.83. The highest BCUT2D eigenvalue weighted by atomic mass is 16.5. The molecule has 0 radical (unpaired) electrons. The number of hydrogen-bond donors (Lipinski definition) is 4. The molecule has 0 saturated carbocycles. The Morgan fingerprint density at radius 3 is 2.41 bits per heavy atom. The highest BCUT2D eigenvalue weighted by Gasteiger charge is 2.31. The van der Waals surface area contributed by atoms with E-state index in [1.54, 1.807) is 73.3 Å². The van der Waals surface area contributed by atoms with Gasteiger partial charge in [-0.1, -0.05) is 6.92 Å². The third-order valence-corrected chi connectivity index (χ3v) is 7.87. The molecule has 0 bridgehead atoms. The van der Waals surface area contributed by atoms with E-state index in [4.69, 9.17) is 14.2 Å². The van der Waals surface area contributed by atoms with Crippen LogP contribution in [0.5, 0.6) is 11.5 Å². The largest absolute Gasteiger partial charge is 0.497 e. The summed E-state index contributed by atoms with van der Waals surface area (Å²) < 4.78 is 17.8. The number of amides is 5. The maximum atomic E-state index is 14.2. The second-order valence-electron chi connectivity index (χ2n) is 12.3. The topological polar surface area (TPSA) is 142 Å². The van der Waals surface area contributed by atoms with E-state index in [2.05, 4.69) is 16.0 Å². The number of nitrogens with zero attached hydrogens (tertiary/aromatic N) is 2. The van der Waals surface area contributed by atoms with Gasteiger partial charge in [-0.3, -0.25) is 4.79 Å². The number of hydrogen-bond acceptors (Lipinski definition) is 7. The summed E-state index contributed by atoms with van der Waals surface area (Å²) in [5, 5.41) is 18.7. The lowest BCUT2D eigenvalue weighted by Crippen LogP contribution is -2.48. The maximum absolute atomic E-state index is 14.2.